The van der Waals surface area contributed by atoms with Gasteiger partial charge in [0.2, 0.25) is 15.9 Å². The van der Waals surface area contributed by atoms with Crippen LogP contribution in [0.4, 0.5) is 17.1 Å². The molecule has 0 spiro atoms. The smallest absolute Gasteiger partial charge is 0.274 e. The van der Waals surface area contributed by atoms with E-state index in [9.17, 15) is 23.3 Å². The molecule has 0 aromatic heterocycles. The SMILES string of the molecule is Cc1c(NC(=O)CN(c2ccccc2Cl)S(C)(=O)=O)cccc1[N+](=O)[O-]. The number of rotatable bonds is 6. The second-order valence-electron chi connectivity index (χ2n) is 5.48. The fraction of sp³-hybridized carbons (Fsp3) is 0.188. The number of nitrogens with zero attached hydrogens (tertiary/aromatic N) is 2. The van der Waals surface area contributed by atoms with E-state index in [1.165, 1.54) is 37.3 Å². The maximum absolute atomic E-state index is 12.4. The van der Waals surface area contributed by atoms with E-state index in [1.807, 2.05) is 0 Å². The molecular weight excluding hydrogens is 382 g/mol. The topological polar surface area (TPSA) is 110 Å². The molecule has 0 fully saturated rings. The number of benzene rings is 2. The normalized spacial score (nSPS) is 11.0. The summed E-state index contributed by atoms with van der Waals surface area (Å²) in [6.07, 6.45) is 0.961. The van der Waals surface area contributed by atoms with Gasteiger partial charge in [-0.15, -0.1) is 0 Å². The standard InChI is InChI=1S/C16H16ClN3O5S/c1-11-13(7-5-9-14(11)20(22)23)18-16(21)10-19(26(2,24)25)15-8-4-3-6-12(15)17/h3-9H,10H2,1-2H3,(H,18,21). The van der Waals surface area contributed by atoms with Crippen LogP contribution < -0.4 is 9.62 Å². The maximum Gasteiger partial charge on any atom is 0.274 e. The predicted molar refractivity (Wildman–Crippen MR) is 100 cm³/mol. The lowest BCUT2D eigenvalue weighted by molar-refractivity contribution is -0.385. The van der Waals surface area contributed by atoms with Crippen molar-refractivity contribution in [2.24, 2.45) is 0 Å². The number of sulfonamides is 1. The molecule has 0 saturated carbocycles. The molecule has 0 saturated heterocycles. The van der Waals surface area contributed by atoms with Crippen molar-refractivity contribution in [3.05, 3.63) is 63.2 Å². The summed E-state index contributed by atoms with van der Waals surface area (Å²) >= 11 is 6.04. The zero-order valence-corrected chi connectivity index (χ0v) is 15.5. The van der Waals surface area contributed by atoms with E-state index in [1.54, 1.807) is 12.1 Å². The molecule has 0 unspecified atom stereocenters. The summed E-state index contributed by atoms with van der Waals surface area (Å²) in [7, 11) is -3.78. The van der Waals surface area contributed by atoms with Crippen LogP contribution in [0.1, 0.15) is 5.56 Å². The largest absolute Gasteiger partial charge is 0.324 e. The van der Waals surface area contributed by atoms with Crippen LogP contribution in [0.25, 0.3) is 0 Å². The molecule has 0 aliphatic carbocycles. The molecule has 26 heavy (non-hydrogen) atoms. The molecule has 1 amide bonds. The minimum Gasteiger partial charge on any atom is -0.324 e. The minimum absolute atomic E-state index is 0.145. The Balaban J connectivity index is 2.29. The van der Waals surface area contributed by atoms with Crippen LogP contribution in [-0.4, -0.2) is 32.0 Å². The van der Waals surface area contributed by atoms with Gasteiger partial charge in [-0.2, -0.15) is 0 Å². The summed E-state index contributed by atoms with van der Waals surface area (Å²) in [6, 6.07) is 10.5. The molecular formula is C16H16ClN3O5S. The third kappa shape index (κ3) is 4.50. The van der Waals surface area contributed by atoms with Crippen molar-refractivity contribution in [3.8, 4) is 0 Å². The van der Waals surface area contributed by atoms with Crippen LogP contribution in [0.2, 0.25) is 5.02 Å². The number of anilines is 2. The Morgan fingerprint density at radius 1 is 1.23 bits per heavy atom. The van der Waals surface area contributed by atoms with Gasteiger partial charge >= 0.3 is 0 Å². The quantitative estimate of drug-likeness (QED) is 0.595. The first-order valence-electron chi connectivity index (χ1n) is 7.37. The van der Waals surface area contributed by atoms with Crippen LogP contribution in [0.5, 0.6) is 0 Å². The van der Waals surface area contributed by atoms with Crippen LogP contribution in [-0.2, 0) is 14.8 Å². The second kappa shape index (κ2) is 7.71. The second-order valence-corrected chi connectivity index (χ2v) is 7.79. The highest BCUT2D eigenvalue weighted by molar-refractivity contribution is 7.92. The van der Waals surface area contributed by atoms with E-state index < -0.39 is 27.4 Å². The van der Waals surface area contributed by atoms with E-state index in [-0.39, 0.29) is 27.6 Å². The number of carbonyl (C=O) groups is 1. The van der Waals surface area contributed by atoms with E-state index >= 15 is 0 Å². The molecule has 0 aliphatic rings. The van der Waals surface area contributed by atoms with Gasteiger partial charge in [0.15, 0.2) is 0 Å². The average Bonchev–Trinajstić information content (AvgIpc) is 2.54. The lowest BCUT2D eigenvalue weighted by Crippen LogP contribution is -2.37. The van der Waals surface area contributed by atoms with Crippen molar-refractivity contribution in [3.63, 3.8) is 0 Å². The molecule has 0 radical (unpaired) electrons. The zero-order valence-electron chi connectivity index (χ0n) is 14.0. The Kier molecular flexibility index (Phi) is 5.83. The maximum atomic E-state index is 12.4. The van der Waals surface area contributed by atoms with Crippen LogP contribution in [0.3, 0.4) is 0 Å². The summed E-state index contributed by atoms with van der Waals surface area (Å²) < 4.78 is 25.0. The summed E-state index contributed by atoms with van der Waals surface area (Å²) in [4.78, 5) is 22.8. The zero-order chi connectivity index (χ0) is 19.5. The summed E-state index contributed by atoms with van der Waals surface area (Å²) in [5.74, 6) is -0.654. The number of amides is 1. The van der Waals surface area contributed by atoms with Gasteiger partial charge < -0.3 is 5.32 Å². The van der Waals surface area contributed by atoms with Gasteiger partial charge in [-0.1, -0.05) is 29.8 Å². The van der Waals surface area contributed by atoms with Gasteiger partial charge in [0, 0.05) is 6.07 Å². The molecule has 2 aromatic rings. The van der Waals surface area contributed by atoms with Crippen LogP contribution in [0.15, 0.2) is 42.5 Å². The Labute approximate surface area is 155 Å². The molecule has 0 atom stereocenters. The van der Waals surface area contributed by atoms with Crippen molar-refractivity contribution < 1.29 is 18.1 Å². The summed E-state index contributed by atoms with van der Waals surface area (Å²) in [6.45, 7) is 0.973. The highest BCUT2D eigenvalue weighted by Gasteiger charge is 2.23. The van der Waals surface area contributed by atoms with Crippen molar-refractivity contribution >= 4 is 44.6 Å². The lowest BCUT2D eigenvalue weighted by atomic mass is 10.1. The first-order chi connectivity index (χ1) is 12.1. The van der Waals surface area contributed by atoms with E-state index in [2.05, 4.69) is 5.32 Å². The monoisotopic (exact) mass is 397 g/mol. The number of nitro groups is 1. The third-order valence-corrected chi connectivity index (χ3v) is 5.03. The fourth-order valence-corrected chi connectivity index (χ4v) is 3.47. The van der Waals surface area contributed by atoms with Gasteiger partial charge in [-0.05, 0) is 25.1 Å². The first-order valence-corrected chi connectivity index (χ1v) is 9.60. The number of carbonyl (C=O) groups excluding carboxylic acids is 1. The van der Waals surface area contributed by atoms with E-state index in [0.717, 1.165) is 10.6 Å². The number of halogens is 1. The Morgan fingerprint density at radius 2 is 1.88 bits per heavy atom. The van der Waals surface area contributed by atoms with Crippen molar-refractivity contribution in [1.29, 1.82) is 0 Å². The molecule has 138 valence electrons. The molecule has 2 rings (SSSR count). The van der Waals surface area contributed by atoms with Crippen molar-refractivity contribution in [2.75, 3.05) is 22.4 Å². The number of hydrogen-bond acceptors (Lipinski definition) is 5. The number of para-hydroxylation sites is 1. The number of nitrogens with one attached hydrogen (secondary N) is 1. The molecule has 0 bridgehead atoms. The Bertz CT molecular complexity index is 962. The van der Waals surface area contributed by atoms with E-state index in [0.29, 0.717) is 0 Å². The van der Waals surface area contributed by atoms with Gasteiger partial charge in [-0.25, -0.2) is 8.42 Å². The molecule has 0 aliphatic heterocycles. The van der Waals surface area contributed by atoms with Crippen molar-refractivity contribution in [2.45, 2.75) is 6.92 Å². The Hall–Kier alpha value is -2.65. The van der Waals surface area contributed by atoms with Crippen LogP contribution >= 0.6 is 11.6 Å². The number of nitro benzene ring substituents is 1. The third-order valence-electron chi connectivity index (χ3n) is 3.58. The Morgan fingerprint density at radius 3 is 2.46 bits per heavy atom. The minimum atomic E-state index is -3.78. The van der Waals surface area contributed by atoms with Gasteiger partial charge in [0.25, 0.3) is 5.69 Å². The van der Waals surface area contributed by atoms with Gasteiger partial charge in [0.05, 0.1) is 33.1 Å². The highest BCUT2D eigenvalue weighted by atomic mass is 35.5. The summed E-state index contributed by atoms with van der Waals surface area (Å²) in [5, 5.41) is 13.7. The average molecular weight is 398 g/mol. The predicted octanol–water partition coefficient (Wildman–Crippen LogP) is 2.96. The molecule has 0 heterocycles. The fourth-order valence-electron chi connectivity index (χ4n) is 2.31. The molecule has 2 aromatic carbocycles. The highest BCUT2D eigenvalue weighted by Crippen LogP contribution is 2.28. The molecule has 8 nitrogen and oxygen atoms in total. The van der Waals surface area contributed by atoms with Crippen LogP contribution in [0, 0.1) is 17.0 Å². The molecule has 10 heteroatoms. The first kappa shape index (κ1) is 19.7. The van der Waals surface area contributed by atoms with E-state index in [4.69, 9.17) is 11.6 Å². The van der Waals surface area contributed by atoms with Crippen molar-refractivity contribution in [1.82, 2.24) is 0 Å². The summed E-state index contributed by atoms with van der Waals surface area (Å²) in [5.41, 5.74) is 0.530. The van der Waals surface area contributed by atoms with Gasteiger partial charge in [-0.3, -0.25) is 19.2 Å². The van der Waals surface area contributed by atoms with Gasteiger partial charge in [0.1, 0.15) is 6.54 Å². The number of hydrogen-bond donors (Lipinski definition) is 1. The molecule has 1 N–H and O–H groups in total. The lowest BCUT2D eigenvalue weighted by Gasteiger charge is -2.23.